The molecule has 1 aromatic carbocycles. The molecule has 28 heavy (non-hydrogen) atoms. The number of hydrogen-bond donors (Lipinski definition) is 0. The maximum atomic E-state index is 4.00. The lowest BCUT2D eigenvalue weighted by molar-refractivity contribution is 0.886. The Kier molecular flexibility index (Phi) is 33.6. The van der Waals surface area contributed by atoms with Crippen molar-refractivity contribution in [1.29, 1.82) is 0 Å². The molecule has 0 saturated heterocycles. The quantitative estimate of drug-likeness (QED) is 0.347. The van der Waals surface area contributed by atoms with E-state index in [1.54, 1.807) is 0 Å². The van der Waals surface area contributed by atoms with Gasteiger partial charge in [-0.1, -0.05) is 129 Å². The molecule has 164 valence electrons. The Balaban J connectivity index is -0.000000199. The van der Waals surface area contributed by atoms with Crippen LogP contribution in [-0.4, -0.2) is 0 Å². The second kappa shape index (κ2) is 27.7. The minimum absolute atomic E-state index is 0.878. The third-order valence-electron chi connectivity index (χ3n) is 3.17. The summed E-state index contributed by atoms with van der Waals surface area (Å²) in [7, 11) is 0. The van der Waals surface area contributed by atoms with Crippen LogP contribution in [0.3, 0.4) is 0 Å². The Morgan fingerprint density at radius 3 is 1.61 bits per heavy atom. The van der Waals surface area contributed by atoms with Gasteiger partial charge in [0.15, 0.2) is 0 Å². The van der Waals surface area contributed by atoms with Gasteiger partial charge in [0, 0.05) is 0 Å². The van der Waals surface area contributed by atoms with E-state index < -0.39 is 0 Å². The van der Waals surface area contributed by atoms with Crippen molar-refractivity contribution in [2.75, 3.05) is 0 Å². The summed E-state index contributed by atoms with van der Waals surface area (Å²) in [4.78, 5) is 0. The van der Waals surface area contributed by atoms with E-state index in [-0.39, 0.29) is 0 Å². The molecule has 0 aliphatic carbocycles. The summed E-state index contributed by atoms with van der Waals surface area (Å²) in [5, 5.41) is 0. The van der Waals surface area contributed by atoms with E-state index in [9.17, 15) is 0 Å². The van der Waals surface area contributed by atoms with Crippen molar-refractivity contribution in [3.63, 3.8) is 0 Å². The summed E-state index contributed by atoms with van der Waals surface area (Å²) < 4.78 is 0. The molecule has 0 aromatic heterocycles. The van der Waals surface area contributed by atoms with E-state index in [1.165, 1.54) is 47.9 Å². The molecule has 0 fully saturated rings. The minimum atomic E-state index is 0.878. The Labute approximate surface area is 179 Å². The van der Waals surface area contributed by atoms with E-state index in [0.717, 1.165) is 12.0 Å². The Bertz CT molecular complexity index is 485. The predicted molar refractivity (Wildman–Crippen MR) is 137 cm³/mol. The van der Waals surface area contributed by atoms with Crippen LogP contribution < -0.4 is 0 Å². The molecular formula is C28H52. The van der Waals surface area contributed by atoms with Crippen molar-refractivity contribution < 1.29 is 0 Å². The zero-order valence-electron chi connectivity index (χ0n) is 21.3. The van der Waals surface area contributed by atoms with Gasteiger partial charge >= 0.3 is 0 Å². The summed E-state index contributed by atoms with van der Waals surface area (Å²) >= 11 is 0. The number of rotatable bonds is 5. The van der Waals surface area contributed by atoms with E-state index in [4.69, 9.17) is 0 Å². The summed E-state index contributed by atoms with van der Waals surface area (Å²) in [6, 6.07) is 6.51. The number of aryl methyl sites for hydroxylation is 2. The maximum Gasteiger partial charge on any atom is -0.00975 e. The van der Waals surface area contributed by atoms with Gasteiger partial charge in [0.25, 0.3) is 0 Å². The van der Waals surface area contributed by atoms with Gasteiger partial charge in [0.1, 0.15) is 0 Å². The van der Waals surface area contributed by atoms with E-state index in [2.05, 4.69) is 92.8 Å². The van der Waals surface area contributed by atoms with Crippen LogP contribution in [0, 0.1) is 13.8 Å². The van der Waals surface area contributed by atoms with Gasteiger partial charge in [-0.05, 0) is 43.9 Å². The molecule has 0 radical (unpaired) electrons. The van der Waals surface area contributed by atoms with Gasteiger partial charge in [-0.15, -0.1) is 6.58 Å². The lowest BCUT2D eigenvalue weighted by Gasteiger charge is -2.07. The standard InChI is InChI=1S/C16H20.C4H10.2C3H8.C2H6/c1-6-7-15(12(2)3)11-16-9-8-13(4)10-14(16)5;1-3-4-2;2*1-3-2;1-2/h6,8-11H,1-2,7H2,3-5H3;3-4H2,1-2H3;2*3H2,1-2H3;1-2H3/b15-11-;;;;. The zero-order valence-corrected chi connectivity index (χ0v) is 21.3. The van der Waals surface area contributed by atoms with Gasteiger partial charge in [0.2, 0.25) is 0 Å². The first-order valence-electron chi connectivity index (χ1n) is 11.3. The van der Waals surface area contributed by atoms with E-state index >= 15 is 0 Å². The molecule has 0 amide bonds. The van der Waals surface area contributed by atoms with Crippen LogP contribution in [0.2, 0.25) is 0 Å². The van der Waals surface area contributed by atoms with Crippen LogP contribution in [0.25, 0.3) is 6.08 Å². The third kappa shape index (κ3) is 24.4. The highest BCUT2D eigenvalue weighted by atomic mass is 14.0. The lowest BCUT2D eigenvalue weighted by Crippen LogP contribution is -1.87. The fourth-order valence-electron chi connectivity index (χ4n) is 1.69. The van der Waals surface area contributed by atoms with Crippen LogP contribution in [0.15, 0.2) is 48.6 Å². The average molecular weight is 389 g/mol. The van der Waals surface area contributed by atoms with Crippen molar-refractivity contribution in [1.82, 2.24) is 0 Å². The summed E-state index contributed by atoms with van der Waals surface area (Å²) in [5.74, 6) is 0. The van der Waals surface area contributed by atoms with Crippen LogP contribution in [0.5, 0.6) is 0 Å². The highest BCUT2D eigenvalue weighted by Gasteiger charge is 1.99. The molecule has 0 aliphatic heterocycles. The number of hydrogen-bond acceptors (Lipinski definition) is 0. The topological polar surface area (TPSA) is 0 Å². The third-order valence-corrected chi connectivity index (χ3v) is 3.17. The second-order valence-electron chi connectivity index (χ2n) is 6.72. The molecule has 0 saturated carbocycles. The molecule has 0 atom stereocenters. The van der Waals surface area contributed by atoms with Crippen LogP contribution in [-0.2, 0) is 0 Å². The Morgan fingerprint density at radius 2 is 1.32 bits per heavy atom. The normalized spacial score (nSPS) is 9.04. The molecule has 1 aromatic rings. The number of benzene rings is 1. The molecule has 0 spiro atoms. The SMILES string of the molecule is C=CC/C(=C/c1ccc(C)cc1C)C(=C)C.CC.CCC.CCC.CCCC. The molecule has 0 unspecified atom stereocenters. The maximum absolute atomic E-state index is 4.00. The number of allylic oxidation sites excluding steroid dienone is 3. The lowest BCUT2D eigenvalue weighted by atomic mass is 9.99. The minimum Gasteiger partial charge on any atom is -0.103 e. The van der Waals surface area contributed by atoms with Crippen LogP contribution >= 0.6 is 0 Å². The van der Waals surface area contributed by atoms with Crippen molar-refractivity contribution >= 4 is 6.08 Å². The highest BCUT2D eigenvalue weighted by Crippen LogP contribution is 2.20. The molecule has 1 rings (SSSR count). The average Bonchev–Trinajstić information content (AvgIpc) is 2.66. The molecule has 0 heteroatoms. The van der Waals surface area contributed by atoms with Crippen molar-refractivity contribution in [2.45, 2.75) is 108 Å². The molecule has 0 bridgehead atoms. The van der Waals surface area contributed by atoms with Crippen LogP contribution in [0.4, 0.5) is 0 Å². The summed E-state index contributed by atoms with van der Waals surface area (Å²) in [6.07, 6.45) is 10.1. The van der Waals surface area contributed by atoms with Crippen molar-refractivity contribution in [3.8, 4) is 0 Å². The first-order valence-corrected chi connectivity index (χ1v) is 11.3. The van der Waals surface area contributed by atoms with E-state index in [1.807, 2.05) is 26.8 Å². The van der Waals surface area contributed by atoms with Gasteiger partial charge in [-0.25, -0.2) is 0 Å². The monoisotopic (exact) mass is 388 g/mol. The predicted octanol–water partition coefficient (Wildman–Crippen LogP) is 10.5. The van der Waals surface area contributed by atoms with Gasteiger partial charge < -0.3 is 0 Å². The number of unbranched alkanes of at least 4 members (excludes halogenated alkanes) is 1. The van der Waals surface area contributed by atoms with Crippen molar-refractivity contribution in [3.05, 3.63) is 65.3 Å². The van der Waals surface area contributed by atoms with Gasteiger partial charge in [0.05, 0.1) is 0 Å². The fraction of sp³-hybridized carbons (Fsp3) is 0.571. The Hall–Kier alpha value is -1.56. The molecular weight excluding hydrogens is 336 g/mol. The molecule has 0 heterocycles. The van der Waals surface area contributed by atoms with Gasteiger partial charge in [-0.2, -0.15) is 0 Å². The summed E-state index contributed by atoms with van der Waals surface area (Å²) in [5.41, 5.74) is 6.24. The summed E-state index contributed by atoms with van der Waals surface area (Å²) in [6.45, 7) is 30.9. The molecule has 0 N–H and O–H groups in total. The smallest absolute Gasteiger partial charge is 0.00975 e. The Morgan fingerprint density at radius 1 is 0.893 bits per heavy atom. The van der Waals surface area contributed by atoms with Crippen molar-refractivity contribution in [2.24, 2.45) is 0 Å². The fourth-order valence-corrected chi connectivity index (χ4v) is 1.69. The first kappa shape index (κ1) is 34.0. The molecule has 0 nitrogen and oxygen atoms in total. The molecule has 0 aliphatic rings. The van der Waals surface area contributed by atoms with E-state index in [0.29, 0.717) is 0 Å². The highest BCUT2D eigenvalue weighted by molar-refractivity contribution is 5.61. The first-order chi connectivity index (χ1) is 13.3. The largest absolute Gasteiger partial charge is 0.103 e. The van der Waals surface area contributed by atoms with Gasteiger partial charge in [-0.3, -0.25) is 0 Å². The second-order valence-corrected chi connectivity index (χ2v) is 6.72. The van der Waals surface area contributed by atoms with Crippen LogP contribution in [0.1, 0.15) is 111 Å². The zero-order chi connectivity index (χ0) is 23.0.